The van der Waals surface area contributed by atoms with Gasteiger partial charge in [0.1, 0.15) is 0 Å². The molecule has 6 nitrogen and oxygen atoms in total. The third-order valence-electron chi connectivity index (χ3n) is 4.24. The minimum Gasteiger partial charge on any atom is -0.396 e. The first-order valence-electron chi connectivity index (χ1n) is 8.60. The average Bonchev–Trinajstić information content (AvgIpc) is 3.01. The number of amides is 3. The minimum absolute atomic E-state index is 0.0536. The lowest BCUT2D eigenvalue weighted by Crippen LogP contribution is -2.38. The van der Waals surface area contributed by atoms with Crippen LogP contribution in [0.25, 0.3) is 0 Å². The van der Waals surface area contributed by atoms with Crippen molar-refractivity contribution in [2.75, 3.05) is 23.8 Å². The van der Waals surface area contributed by atoms with Gasteiger partial charge in [0.25, 0.3) is 0 Å². The van der Waals surface area contributed by atoms with Crippen LogP contribution in [0.3, 0.4) is 0 Å². The summed E-state index contributed by atoms with van der Waals surface area (Å²) >= 11 is 0. The number of urea groups is 1. The van der Waals surface area contributed by atoms with Crippen molar-refractivity contribution in [3.05, 3.63) is 24.3 Å². The zero-order valence-corrected chi connectivity index (χ0v) is 14.4. The normalized spacial score (nSPS) is 17.2. The molecule has 3 N–H and O–H groups in total. The van der Waals surface area contributed by atoms with Gasteiger partial charge in [-0.15, -0.1) is 0 Å². The van der Waals surface area contributed by atoms with Crippen LogP contribution in [0, 0.1) is 5.92 Å². The molecular weight excluding hydrogens is 306 g/mol. The number of aliphatic hydroxyl groups is 1. The Kier molecular flexibility index (Phi) is 6.61. The second kappa shape index (κ2) is 8.68. The van der Waals surface area contributed by atoms with Crippen LogP contribution in [0.1, 0.15) is 39.5 Å². The molecule has 1 aromatic rings. The molecule has 1 aromatic carbocycles. The summed E-state index contributed by atoms with van der Waals surface area (Å²) in [5.41, 5.74) is 1.33. The summed E-state index contributed by atoms with van der Waals surface area (Å²) in [5, 5.41) is 14.7. The summed E-state index contributed by atoms with van der Waals surface area (Å²) in [6, 6.07) is 7.25. The van der Waals surface area contributed by atoms with Gasteiger partial charge in [-0.1, -0.05) is 19.9 Å². The van der Waals surface area contributed by atoms with Gasteiger partial charge in [0, 0.05) is 36.5 Å². The van der Waals surface area contributed by atoms with Crippen molar-refractivity contribution in [1.29, 1.82) is 0 Å². The van der Waals surface area contributed by atoms with E-state index in [-0.39, 0.29) is 30.5 Å². The summed E-state index contributed by atoms with van der Waals surface area (Å²) in [6.45, 7) is 4.57. The zero-order chi connectivity index (χ0) is 17.5. The predicted molar refractivity (Wildman–Crippen MR) is 95.0 cm³/mol. The molecule has 0 aliphatic carbocycles. The van der Waals surface area contributed by atoms with E-state index in [1.165, 1.54) is 0 Å². The first-order chi connectivity index (χ1) is 11.5. The SMILES string of the molecule is CC(C)C(=O)Nc1cccc(NC(=O)N2CCC[C@@H]2CCCO)c1. The summed E-state index contributed by atoms with van der Waals surface area (Å²) in [7, 11) is 0. The number of carbonyl (C=O) groups is 2. The smallest absolute Gasteiger partial charge is 0.322 e. The highest BCUT2D eigenvalue weighted by molar-refractivity contribution is 5.94. The van der Waals surface area contributed by atoms with E-state index in [1.54, 1.807) is 18.2 Å². The topological polar surface area (TPSA) is 81.7 Å². The number of aliphatic hydroxyl groups excluding tert-OH is 1. The number of nitrogens with one attached hydrogen (secondary N) is 2. The lowest BCUT2D eigenvalue weighted by molar-refractivity contribution is -0.118. The van der Waals surface area contributed by atoms with Crippen LogP contribution in [0.15, 0.2) is 24.3 Å². The second-order valence-corrected chi connectivity index (χ2v) is 6.51. The first kappa shape index (κ1) is 18.3. The first-order valence-corrected chi connectivity index (χ1v) is 8.60. The van der Waals surface area contributed by atoms with Crippen LogP contribution in [0.5, 0.6) is 0 Å². The Balaban J connectivity index is 1.97. The maximum Gasteiger partial charge on any atom is 0.322 e. The summed E-state index contributed by atoms with van der Waals surface area (Å²) < 4.78 is 0. The van der Waals surface area contributed by atoms with Gasteiger partial charge in [-0.25, -0.2) is 4.79 Å². The van der Waals surface area contributed by atoms with Crippen LogP contribution in [-0.4, -0.2) is 41.1 Å². The van der Waals surface area contributed by atoms with Crippen LogP contribution in [0.4, 0.5) is 16.2 Å². The molecule has 1 aliphatic rings. The van der Waals surface area contributed by atoms with Crippen molar-refractivity contribution in [3.8, 4) is 0 Å². The van der Waals surface area contributed by atoms with Gasteiger partial charge < -0.3 is 20.6 Å². The van der Waals surface area contributed by atoms with Crippen molar-refractivity contribution >= 4 is 23.3 Å². The number of hydrogen-bond donors (Lipinski definition) is 3. The maximum absolute atomic E-state index is 12.5. The molecule has 0 saturated carbocycles. The molecule has 3 amide bonds. The Bertz CT molecular complexity index is 574. The average molecular weight is 333 g/mol. The third-order valence-corrected chi connectivity index (χ3v) is 4.24. The Morgan fingerprint density at radius 1 is 1.29 bits per heavy atom. The van der Waals surface area contributed by atoms with Crippen molar-refractivity contribution in [3.63, 3.8) is 0 Å². The van der Waals surface area contributed by atoms with Gasteiger partial charge in [0.2, 0.25) is 5.91 Å². The molecule has 1 atom stereocenters. The third kappa shape index (κ3) is 4.96. The maximum atomic E-state index is 12.5. The molecule has 132 valence electrons. The lowest BCUT2D eigenvalue weighted by Gasteiger charge is -2.25. The number of rotatable bonds is 6. The zero-order valence-electron chi connectivity index (χ0n) is 14.4. The number of nitrogens with zero attached hydrogens (tertiary/aromatic N) is 1. The van der Waals surface area contributed by atoms with Crippen LogP contribution < -0.4 is 10.6 Å². The van der Waals surface area contributed by atoms with Crippen LogP contribution in [-0.2, 0) is 4.79 Å². The van der Waals surface area contributed by atoms with Crippen LogP contribution >= 0.6 is 0 Å². The van der Waals surface area contributed by atoms with E-state index in [1.807, 2.05) is 24.8 Å². The Morgan fingerprint density at radius 3 is 2.67 bits per heavy atom. The van der Waals surface area contributed by atoms with Crippen molar-refractivity contribution in [2.45, 2.75) is 45.6 Å². The number of anilines is 2. The number of benzene rings is 1. The molecule has 1 heterocycles. The molecule has 24 heavy (non-hydrogen) atoms. The van der Waals surface area contributed by atoms with Crippen molar-refractivity contribution in [1.82, 2.24) is 4.90 Å². The number of hydrogen-bond acceptors (Lipinski definition) is 3. The van der Waals surface area contributed by atoms with Gasteiger partial charge in [-0.3, -0.25) is 4.79 Å². The van der Waals surface area contributed by atoms with Gasteiger partial charge in [-0.2, -0.15) is 0 Å². The summed E-state index contributed by atoms with van der Waals surface area (Å²) in [5.74, 6) is -0.151. The summed E-state index contributed by atoms with van der Waals surface area (Å²) in [4.78, 5) is 26.1. The molecule has 1 aliphatic heterocycles. The number of likely N-dealkylation sites (tertiary alicyclic amines) is 1. The van der Waals surface area contributed by atoms with Gasteiger partial charge in [0.05, 0.1) is 0 Å². The second-order valence-electron chi connectivity index (χ2n) is 6.51. The van der Waals surface area contributed by atoms with E-state index in [9.17, 15) is 9.59 Å². The fourth-order valence-corrected chi connectivity index (χ4v) is 2.89. The minimum atomic E-state index is -0.122. The fraction of sp³-hybridized carbons (Fsp3) is 0.556. The Labute approximate surface area is 143 Å². The lowest BCUT2D eigenvalue weighted by atomic mass is 10.1. The number of carbonyl (C=O) groups excluding carboxylic acids is 2. The molecule has 1 saturated heterocycles. The van der Waals surface area contributed by atoms with Crippen molar-refractivity contribution < 1.29 is 14.7 Å². The highest BCUT2D eigenvalue weighted by atomic mass is 16.3. The molecular formula is C18H27N3O3. The van der Waals surface area contributed by atoms with Crippen LogP contribution in [0.2, 0.25) is 0 Å². The van der Waals surface area contributed by atoms with E-state index in [0.717, 1.165) is 25.8 Å². The van der Waals surface area contributed by atoms with E-state index in [4.69, 9.17) is 5.11 Å². The van der Waals surface area contributed by atoms with E-state index >= 15 is 0 Å². The summed E-state index contributed by atoms with van der Waals surface area (Å²) in [6.07, 6.45) is 3.52. The molecule has 0 bridgehead atoms. The molecule has 0 unspecified atom stereocenters. The quantitative estimate of drug-likeness (QED) is 0.748. The van der Waals surface area contributed by atoms with Gasteiger partial charge in [-0.05, 0) is 43.9 Å². The van der Waals surface area contributed by atoms with Gasteiger partial charge in [0.15, 0.2) is 0 Å². The predicted octanol–water partition coefficient (Wildman–Crippen LogP) is 3.05. The molecule has 0 spiro atoms. The Morgan fingerprint density at radius 2 is 2.00 bits per heavy atom. The largest absolute Gasteiger partial charge is 0.396 e. The van der Waals surface area contributed by atoms with E-state index < -0.39 is 0 Å². The molecule has 2 rings (SSSR count). The van der Waals surface area contributed by atoms with Gasteiger partial charge >= 0.3 is 6.03 Å². The molecule has 0 aromatic heterocycles. The van der Waals surface area contributed by atoms with Crippen molar-refractivity contribution in [2.24, 2.45) is 5.92 Å². The van der Waals surface area contributed by atoms with E-state index in [0.29, 0.717) is 17.8 Å². The standard InChI is InChI=1S/C18H27N3O3/c1-13(2)17(23)19-14-6-3-7-15(12-14)20-18(24)21-10-4-8-16(21)9-5-11-22/h3,6-7,12-13,16,22H,4-5,8-11H2,1-2H3,(H,19,23)(H,20,24)/t16-/m1/s1. The highest BCUT2D eigenvalue weighted by Gasteiger charge is 2.28. The van der Waals surface area contributed by atoms with E-state index in [2.05, 4.69) is 10.6 Å². The molecule has 1 fully saturated rings. The Hall–Kier alpha value is -2.08. The monoisotopic (exact) mass is 333 g/mol. The fourth-order valence-electron chi connectivity index (χ4n) is 2.89. The molecule has 0 radical (unpaired) electrons. The molecule has 6 heteroatoms. The highest BCUT2D eigenvalue weighted by Crippen LogP contribution is 2.23.